The molecule has 3 saturated heterocycles. The summed E-state index contributed by atoms with van der Waals surface area (Å²) in [5.41, 5.74) is 1.18. The predicted molar refractivity (Wildman–Crippen MR) is 136 cm³/mol. The number of anilines is 3. The molecule has 3 aliphatic heterocycles. The van der Waals surface area contributed by atoms with Crippen LogP contribution in [0.1, 0.15) is 33.6 Å². The Labute approximate surface area is 217 Å². The average molecular weight is 533 g/mol. The minimum Gasteiger partial charge on any atom is -0.444 e. The Morgan fingerprint density at radius 3 is 2.59 bits per heavy atom. The van der Waals surface area contributed by atoms with E-state index in [1.807, 2.05) is 37.8 Å². The van der Waals surface area contributed by atoms with Gasteiger partial charge in [0.1, 0.15) is 29.0 Å². The van der Waals surface area contributed by atoms with Crippen LogP contribution in [0.15, 0.2) is 36.7 Å². The number of hydrogen-bond acceptors (Lipinski definition) is 8. The second-order valence-corrected chi connectivity index (χ2v) is 10.5. The lowest BCUT2D eigenvalue weighted by Gasteiger charge is -2.51. The Kier molecular flexibility index (Phi) is 6.65. The number of amides is 1. The third-order valence-electron chi connectivity index (χ3n) is 6.33. The van der Waals surface area contributed by atoms with Crippen LogP contribution >= 0.6 is 11.6 Å². The molecule has 2 atom stereocenters. The second kappa shape index (κ2) is 9.77. The van der Waals surface area contributed by atoms with Gasteiger partial charge in [0.2, 0.25) is 0 Å². The van der Waals surface area contributed by atoms with Crippen molar-refractivity contribution < 1.29 is 23.0 Å². The molecule has 3 aliphatic rings. The molecule has 0 spiro atoms. The van der Waals surface area contributed by atoms with E-state index in [0.717, 1.165) is 18.7 Å². The van der Waals surface area contributed by atoms with Crippen LogP contribution in [0, 0.1) is 0 Å². The van der Waals surface area contributed by atoms with Gasteiger partial charge in [-0.2, -0.15) is 8.78 Å². The molecular formula is C25H27ClF2N6O3. The number of rotatable bonds is 5. The topological polar surface area (TPSA) is 92.7 Å². The zero-order valence-electron chi connectivity index (χ0n) is 20.6. The number of piperazine rings is 1. The van der Waals surface area contributed by atoms with E-state index in [2.05, 4.69) is 24.9 Å². The van der Waals surface area contributed by atoms with Crippen molar-refractivity contribution in [1.82, 2.24) is 19.9 Å². The van der Waals surface area contributed by atoms with Crippen molar-refractivity contribution in [3.8, 4) is 5.75 Å². The Morgan fingerprint density at radius 2 is 1.92 bits per heavy atom. The summed E-state index contributed by atoms with van der Waals surface area (Å²) in [5, 5.41) is 3.19. The van der Waals surface area contributed by atoms with Crippen LogP contribution < -0.4 is 15.0 Å². The van der Waals surface area contributed by atoms with Gasteiger partial charge in [-0.15, -0.1) is 0 Å². The summed E-state index contributed by atoms with van der Waals surface area (Å²) in [4.78, 5) is 30.3. The molecule has 3 aromatic rings. The smallest absolute Gasteiger partial charge is 0.410 e. The first-order valence-corrected chi connectivity index (χ1v) is 12.3. The van der Waals surface area contributed by atoms with Gasteiger partial charge in [-0.25, -0.2) is 19.7 Å². The summed E-state index contributed by atoms with van der Waals surface area (Å²) in [6.07, 6.45) is 3.00. The van der Waals surface area contributed by atoms with Gasteiger partial charge >= 0.3 is 12.7 Å². The highest BCUT2D eigenvalue weighted by molar-refractivity contribution is 6.32. The highest BCUT2D eigenvalue weighted by Crippen LogP contribution is 2.35. The lowest BCUT2D eigenvalue weighted by atomic mass is 9.91. The van der Waals surface area contributed by atoms with E-state index in [0.29, 0.717) is 35.6 Å². The van der Waals surface area contributed by atoms with Gasteiger partial charge in [0, 0.05) is 24.8 Å². The fraction of sp³-hybridized carbons (Fsp3) is 0.440. The van der Waals surface area contributed by atoms with Crippen molar-refractivity contribution in [2.75, 3.05) is 23.3 Å². The van der Waals surface area contributed by atoms with Gasteiger partial charge in [-0.3, -0.25) is 0 Å². The van der Waals surface area contributed by atoms with Gasteiger partial charge in [0.25, 0.3) is 0 Å². The normalized spacial score (nSPS) is 19.4. The molecule has 5 heterocycles. The minimum atomic E-state index is -2.97. The molecule has 9 nitrogen and oxygen atoms in total. The molecule has 1 amide bonds. The number of carbonyl (C=O) groups excluding carboxylic acids is 1. The number of hydrogen-bond donors (Lipinski definition) is 1. The second-order valence-electron chi connectivity index (χ2n) is 10.1. The van der Waals surface area contributed by atoms with Gasteiger partial charge in [-0.05, 0) is 63.9 Å². The van der Waals surface area contributed by atoms with Gasteiger partial charge in [-0.1, -0.05) is 11.6 Å². The standard InChI is InChI=1S/C25H27ClF2N6O3/c1-25(2,3)37-24(35)34-12-15-5-6-16(34)11-33(15)20-9-7-18-21(32-20)22(30-13-29-18)31-14-4-8-19(17(26)10-14)36-23(27)28/h4,7-10,13,15-16,23H,5-6,11-12H2,1-3H3,(H,29,30,31)/t15?,16-/m0/s1. The zero-order valence-corrected chi connectivity index (χ0v) is 21.4. The molecule has 1 unspecified atom stereocenters. The van der Waals surface area contributed by atoms with E-state index in [1.165, 1.54) is 18.5 Å². The largest absolute Gasteiger partial charge is 0.444 e. The van der Waals surface area contributed by atoms with Crippen LogP contribution in [0.25, 0.3) is 11.0 Å². The third kappa shape index (κ3) is 5.46. The molecule has 3 fully saturated rings. The number of nitrogens with one attached hydrogen (secondary N) is 1. The molecule has 2 bridgehead atoms. The maximum atomic E-state index is 12.7. The van der Waals surface area contributed by atoms with Crippen molar-refractivity contribution in [3.63, 3.8) is 0 Å². The highest BCUT2D eigenvalue weighted by Gasteiger charge is 2.43. The van der Waals surface area contributed by atoms with Gasteiger partial charge in [0.15, 0.2) is 5.82 Å². The number of aromatic nitrogens is 3. The fourth-order valence-corrected chi connectivity index (χ4v) is 4.97. The van der Waals surface area contributed by atoms with Crippen LogP contribution in [0.3, 0.4) is 0 Å². The summed E-state index contributed by atoms with van der Waals surface area (Å²) < 4.78 is 35.1. The summed E-state index contributed by atoms with van der Waals surface area (Å²) in [7, 11) is 0. The van der Waals surface area contributed by atoms with E-state index in [-0.39, 0.29) is 28.9 Å². The Hall–Kier alpha value is -3.47. The predicted octanol–water partition coefficient (Wildman–Crippen LogP) is 5.61. The maximum absolute atomic E-state index is 12.7. The SMILES string of the molecule is CC(C)(C)OC(=O)N1CC2CC[C@H]1CN2c1ccc2ncnc(Nc3ccc(OC(F)F)c(Cl)c3)c2n1. The quantitative estimate of drug-likeness (QED) is 0.453. The summed E-state index contributed by atoms with van der Waals surface area (Å²) in [6.45, 7) is 3.86. The van der Waals surface area contributed by atoms with E-state index in [1.54, 1.807) is 6.07 Å². The molecule has 196 valence electrons. The van der Waals surface area contributed by atoms with Crippen LogP contribution in [0.2, 0.25) is 5.02 Å². The molecule has 1 N–H and O–H groups in total. The number of halogens is 3. The molecule has 0 saturated carbocycles. The highest BCUT2D eigenvalue weighted by atomic mass is 35.5. The van der Waals surface area contributed by atoms with E-state index in [9.17, 15) is 13.6 Å². The summed E-state index contributed by atoms with van der Waals surface area (Å²) >= 11 is 6.10. The van der Waals surface area contributed by atoms with Gasteiger partial charge in [0.05, 0.1) is 16.6 Å². The lowest BCUT2D eigenvalue weighted by molar-refractivity contribution is -0.0497. The molecule has 6 rings (SSSR count). The number of ether oxygens (including phenoxy) is 2. The molecule has 2 aromatic heterocycles. The Morgan fingerprint density at radius 1 is 1.14 bits per heavy atom. The molecule has 0 aliphatic carbocycles. The molecule has 37 heavy (non-hydrogen) atoms. The molecule has 1 aromatic carbocycles. The fourth-order valence-electron chi connectivity index (χ4n) is 4.74. The van der Waals surface area contributed by atoms with E-state index in [4.69, 9.17) is 21.3 Å². The molecule has 12 heteroatoms. The number of nitrogens with zero attached hydrogens (tertiary/aromatic N) is 5. The van der Waals surface area contributed by atoms with Crippen molar-refractivity contribution in [2.24, 2.45) is 0 Å². The number of benzene rings is 1. The van der Waals surface area contributed by atoms with Crippen LogP contribution in [0.4, 0.5) is 30.9 Å². The molecular weight excluding hydrogens is 506 g/mol. The monoisotopic (exact) mass is 532 g/mol. The average Bonchev–Trinajstić information content (AvgIpc) is 2.84. The third-order valence-corrected chi connectivity index (χ3v) is 6.63. The summed E-state index contributed by atoms with van der Waals surface area (Å²) in [5.74, 6) is 1.10. The zero-order chi connectivity index (χ0) is 26.3. The van der Waals surface area contributed by atoms with Crippen molar-refractivity contribution >= 4 is 46.1 Å². The summed E-state index contributed by atoms with van der Waals surface area (Å²) in [6, 6.07) is 8.36. The first-order valence-electron chi connectivity index (χ1n) is 12.0. The first kappa shape index (κ1) is 25.2. The maximum Gasteiger partial charge on any atom is 0.410 e. The van der Waals surface area contributed by atoms with E-state index >= 15 is 0 Å². The molecule has 0 radical (unpaired) electrons. The number of carbonyl (C=O) groups is 1. The Bertz CT molecular complexity index is 1320. The van der Waals surface area contributed by atoms with Gasteiger partial charge < -0.3 is 24.6 Å². The van der Waals surface area contributed by atoms with Crippen LogP contribution in [0.5, 0.6) is 5.75 Å². The van der Waals surface area contributed by atoms with Crippen molar-refractivity contribution in [3.05, 3.63) is 41.7 Å². The minimum absolute atomic E-state index is 0.0381. The lowest BCUT2D eigenvalue weighted by Crippen LogP contribution is -2.64. The number of piperidine rings is 2. The van der Waals surface area contributed by atoms with Crippen LogP contribution in [-0.2, 0) is 4.74 Å². The number of pyridine rings is 1. The van der Waals surface area contributed by atoms with E-state index < -0.39 is 12.2 Å². The number of alkyl halides is 2. The first-order chi connectivity index (χ1) is 17.6. The number of fused-ring (bicyclic) bond motifs is 4. The van der Waals surface area contributed by atoms with Crippen LogP contribution in [-0.4, -0.2) is 63.3 Å². The Balaban J connectivity index is 1.37. The van der Waals surface area contributed by atoms with Crippen molar-refractivity contribution in [1.29, 1.82) is 0 Å². The van der Waals surface area contributed by atoms with Crippen molar-refractivity contribution in [2.45, 2.75) is 57.9 Å².